The molecule has 0 atom stereocenters. The van der Waals surface area contributed by atoms with Crippen LogP contribution in [0.1, 0.15) is 56.8 Å². The number of ketones is 1. The second kappa shape index (κ2) is 6.90. The Hall–Kier alpha value is -2.71. The predicted octanol–water partition coefficient (Wildman–Crippen LogP) is 2.60. The molecule has 31 heavy (non-hydrogen) atoms. The van der Waals surface area contributed by atoms with Gasteiger partial charge in [0.15, 0.2) is 11.7 Å². The van der Waals surface area contributed by atoms with Gasteiger partial charge in [-0.2, -0.15) is 0 Å². The fourth-order valence-corrected chi connectivity index (χ4v) is 5.33. The number of nitrogens with two attached hydrogens (primary N) is 1. The van der Waals surface area contributed by atoms with Gasteiger partial charge < -0.3 is 16.0 Å². The number of H-pyrrole nitrogens is 1. The van der Waals surface area contributed by atoms with Gasteiger partial charge in [-0.3, -0.25) is 9.59 Å². The average molecular weight is 423 g/mol. The van der Waals surface area contributed by atoms with Crippen LogP contribution in [-0.2, 0) is 4.79 Å². The largest absolute Gasteiger partial charge is 0.369 e. The highest BCUT2D eigenvalue weighted by atomic mass is 16.2. The Morgan fingerprint density at radius 3 is 2.65 bits per heavy atom. The zero-order valence-corrected chi connectivity index (χ0v) is 18.4. The van der Waals surface area contributed by atoms with Crippen molar-refractivity contribution in [1.29, 1.82) is 0 Å². The molecule has 0 unspecified atom stereocenters. The van der Waals surface area contributed by atoms with Crippen LogP contribution in [0.5, 0.6) is 0 Å². The molecule has 164 valence electrons. The molecule has 1 aliphatic carbocycles. The van der Waals surface area contributed by atoms with Crippen molar-refractivity contribution in [3.8, 4) is 0 Å². The number of benzene rings is 1. The molecule has 1 aromatic carbocycles. The normalized spacial score (nSPS) is 21.9. The SMILES string of the molecule is CC(C)(C)N1CC2=C(C(=O)CC3(CCNCC3)C2)N1C(=O)c1ccc2[nH]c(N)nc2c1. The second-order valence-electron chi connectivity index (χ2n) is 10.2. The van der Waals surface area contributed by atoms with Gasteiger partial charge in [0.1, 0.15) is 5.70 Å². The maximum atomic E-state index is 13.7. The summed E-state index contributed by atoms with van der Waals surface area (Å²) in [5.74, 6) is 0.211. The van der Waals surface area contributed by atoms with Crippen LogP contribution in [0.15, 0.2) is 29.5 Å². The maximum Gasteiger partial charge on any atom is 0.273 e. The Bertz CT molecular complexity index is 1100. The third-order valence-electron chi connectivity index (χ3n) is 6.90. The lowest BCUT2D eigenvalue weighted by atomic mass is 9.67. The van der Waals surface area contributed by atoms with E-state index in [0.717, 1.165) is 43.4 Å². The Morgan fingerprint density at radius 2 is 1.94 bits per heavy atom. The third-order valence-corrected chi connectivity index (χ3v) is 6.90. The molecule has 1 spiro atoms. The number of nitrogens with zero attached hydrogens (tertiary/aromatic N) is 3. The van der Waals surface area contributed by atoms with E-state index in [-0.39, 0.29) is 22.6 Å². The summed E-state index contributed by atoms with van der Waals surface area (Å²) in [6, 6.07) is 5.32. The summed E-state index contributed by atoms with van der Waals surface area (Å²) in [4.78, 5) is 34.4. The van der Waals surface area contributed by atoms with Crippen LogP contribution in [0, 0.1) is 5.41 Å². The second-order valence-corrected chi connectivity index (χ2v) is 10.2. The fraction of sp³-hybridized carbons (Fsp3) is 0.522. The minimum atomic E-state index is -0.310. The molecule has 1 aromatic heterocycles. The number of carbonyl (C=O) groups excluding carboxylic acids is 2. The van der Waals surface area contributed by atoms with Gasteiger partial charge in [0, 0.05) is 24.1 Å². The van der Waals surface area contributed by atoms with Crippen molar-refractivity contribution in [2.24, 2.45) is 5.41 Å². The minimum Gasteiger partial charge on any atom is -0.369 e. The zero-order chi connectivity index (χ0) is 22.0. The van der Waals surface area contributed by atoms with E-state index in [9.17, 15) is 9.59 Å². The highest BCUT2D eigenvalue weighted by Crippen LogP contribution is 2.48. The molecule has 2 aromatic rings. The number of nitrogen functional groups attached to an aromatic ring is 1. The Morgan fingerprint density at radius 1 is 1.19 bits per heavy atom. The van der Waals surface area contributed by atoms with Crippen molar-refractivity contribution in [3.63, 3.8) is 0 Å². The number of hydrazine groups is 1. The molecule has 8 heteroatoms. The lowest BCUT2D eigenvalue weighted by Crippen LogP contribution is -2.52. The van der Waals surface area contributed by atoms with Gasteiger partial charge in [-0.15, -0.1) is 0 Å². The smallest absolute Gasteiger partial charge is 0.273 e. The number of amides is 1. The van der Waals surface area contributed by atoms with Crippen molar-refractivity contribution in [1.82, 2.24) is 25.3 Å². The van der Waals surface area contributed by atoms with Crippen LogP contribution in [0.3, 0.4) is 0 Å². The van der Waals surface area contributed by atoms with Crippen molar-refractivity contribution in [2.75, 3.05) is 25.4 Å². The standard InChI is InChI=1S/C23H30N6O2/c1-22(2,3)28-13-15-11-23(6-8-25-9-7-23)12-18(30)19(15)29(28)20(31)14-4-5-16-17(10-14)27-21(24)26-16/h4-5,10,25H,6-9,11-13H2,1-3H3,(H3,24,26,27). The summed E-state index contributed by atoms with van der Waals surface area (Å²) in [7, 11) is 0. The Kier molecular flexibility index (Phi) is 4.50. The molecule has 1 fully saturated rings. The number of rotatable bonds is 1. The van der Waals surface area contributed by atoms with E-state index in [2.05, 4.69) is 36.1 Å². The predicted molar refractivity (Wildman–Crippen MR) is 119 cm³/mol. The van der Waals surface area contributed by atoms with Crippen molar-refractivity contribution in [2.45, 2.75) is 52.0 Å². The maximum absolute atomic E-state index is 13.7. The minimum absolute atomic E-state index is 0.0370. The van der Waals surface area contributed by atoms with Crippen LogP contribution in [0.2, 0.25) is 0 Å². The number of anilines is 1. The summed E-state index contributed by atoms with van der Waals surface area (Å²) in [5, 5.41) is 7.09. The van der Waals surface area contributed by atoms with Gasteiger partial charge in [-0.1, -0.05) is 0 Å². The summed E-state index contributed by atoms with van der Waals surface area (Å²) < 4.78 is 0. The number of fused-ring (bicyclic) bond motifs is 1. The van der Waals surface area contributed by atoms with Gasteiger partial charge >= 0.3 is 0 Å². The van der Waals surface area contributed by atoms with E-state index >= 15 is 0 Å². The molecule has 8 nitrogen and oxygen atoms in total. The number of nitrogens with one attached hydrogen (secondary N) is 2. The summed E-state index contributed by atoms with van der Waals surface area (Å²) in [6.07, 6.45) is 3.43. The molecule has 0 saturated carbocycles. The van der Waals surface area contributed by atoms with E-state index in [0.29, 0.717) is 35.7 Å². The Balaban J connectivity index is 1.55. The van der Waals surface area contributed by atoms with Crippen molar-refractivity contribution < 1.29 is 9.59 Å². The van der Waals surface area contributed by atoms with Crippen LogP contribution in [-0.4, -0.2) is 56.8 Å². The quantitative estimate of drug-likeness (QED) is 0.652. The number of Topliss-reactive ketones (excluding diaryl/α,β-unsaturated/α-hetero) is 1. The zero-order valence-electron chi connectivity index (χ0n) is 18.4. The van der Waals surface area contributed by atoms with Gasteiger partial charge in [0.05, 0.1) is 11.0 Å². The molecule has 0 bridgehead atoms. The molecule has 5 rings (SSSR count). The number of carbonyl (C=O) groups is 2. The van der Waals surface area contributed by atoms with E-state index in [1.54, 1.807) is 17.1 Å². The first-order chi connectivity index (χ1) is 14.7. The summed E-state index contributed by atoms with van der Waals surface area (Å²) in [5.41, 5.74) is 9.10. The lowest BCUT2D eigenvalue weighted by Gasteiger charge is -2.41. The molecular weight excluding hydrogens is 392 g/mol. The van der Waals surface area contributed by atoms with Gasteiger partial charge in [0.25, 0.3) is 5.91 Å². The molecule has 1 amide bonds. The highest BCUT2D eigenvalue weighted by molar-refractivity contribution is 6.06. The fourth-order valence-electron chi connectivity index (χ4n) is 5.33. The van der Waals surface area contributed by atoms with Crippen LogP contribution >= 0.6 is 0 Å². The summed E-state index contributed by atoms with van der Waals surface area (Å²) in [6.45, 7) is 8.75. The molecule has 1 saturated heterocycles. The number of imidazole rings is 1. The Labute approximate surface area is 181 Å². The van der Waals surface area contributed by atoms with Gasteiger partial charge in [0.2, 0.25) is 0 Å². The number of hydrogen-bond donors (Lipinski definition) is 3. The lowest BCUT2D eigenvalue weighted by molar-refractivity contribution is -0.122. The molecule has 2 aliphatic heterocycles. The van der Waals surface area contributed by atoms with Crippen LogP contribution in [0.25, 0.3) is 11.0 Å². The molecular formula is C23H30N6O2. The van der Waals surface area contributed by atoms with Crippen molar-refractivity contribution in [3.05, 3.63) is 35.0 Å². The van der Waals surface area contributed by atoms with E-state index < -0.39 is 0 Å². The number of aromatic nitrogens is 2. The number of piperidine rings is 1. The van der Waals surface area contributed by atoms with Crippen LogP contribution < -0.4 is 11.1 Å². The summed E-state index contributed by atoms with van der Waals surface area (Å²) >= 11 is 0. The molecule has 0 radical (unpaired) electrons. The molecule has 3 aliphatic rings. The van der Waals surface area contributed by atoms with Gasteiger partial charge in [-0.05, 0) is 82.3 Å². The average Bonchev–Trinajstić information content (AvgIpc) is 3.27. The number of hydrogen-bond acceptors (Lipinski definition) is 6. The topological polar surface area (TPSA) is 107 Å². The number of allylic oxidation sites excluding steroid dienone is 1. The molecule has 4 N–H and O–H groups in total. The first-order valence-electron chi connectivity index (χ1n) is 11.0. The van der Waals surface area contributed by atoms with E-state index in [4.69, 9.17) is 5.73 Å². The van der Waals surface area contributed by atoms with Crippen LogP contribution in [0.4, 0.5) is 5.95 Å². The third kappa shape index (κ3) is 3.34. The van der Waals surface area contributed by atoms with Crippen molar-refractivity contribution >= 4 is 28.7 Å². The first kappa shape index (κ1) is 20.2. The molecule has 3 heterocycles. The highest BCUT2D eigenvalue weighted by Gasteiger charge is 2.49. The monoisotopic (exact) mass is 422 g/mol. The van der Waals surface area contributed by atoms with Gasteiger partial charge in [-0.25, -0.2) is 15.0 Å². The number of aromatic amines is 1. The van der Waals surface area contributed by atoms with E-state index in [1.807, 2.05) is 11.1 Å². The first-order valence-corrected chi connectivity index (χ1v) is 11.0. The van der Waals surface area contributed by atoms with E-state index in [1.165, 1.54) is 0 Å².